The van der Waals surface area contributed by atoms with Gasteiger partial charge in [-0.25, -0.2) is 0 Å². The summed E-state index contributed by atoms with van der Waals surface area (Å²) in [5.41, 5.74) is 2.55. The van der Waals surface area contributed by atoms with Crippen LogP contribution in [0.1, 0.15) is 49.7 Å². The van der Waals surface area contributed by atoms with E-state index in [9.17, 15) is 4.79 Å². The Hall–Kier alpha value is -1.31. The van der Waals surface area contributed by atoms with Crippen LogP contribution in [0.5, 0.6) is 0 Å². The van der Waals surface area contributed by atoms with E-state index in [0.29, 0.717) is 5.91 Å². The van der Waals surface area contributed by atoms with Crippen molar-refractivity contribution in [3.05, 3.63) is 35.4 Å². The monoisotopic (exact) mass is 484 g/mol. The summed E-state index contributed by atoms with van der Waals surface area (Å²) in [5.74, 6) is 1.45. The van der Waals surface area contributed by atoms with Crippen molar-refractivity contribution in [1.29, 1.82) is 0 Å². The highest BCUT2D eigenvalue weighted by molar-refractivity contribution is 14.0. The molecule has 1 amide bonds. The number of likely N-dealkylation sites (tertiary alicyclic amines) is 1. The quantitative estimate of drug-likeness (QED) is 0.391. The van der Waals surface area contributed by atoms with Crippen molar-refractivity contribution in [3.8, 4) is 0 Å². The van der Waals surface area contributed by atoms with E-state index in [-0.39, 0.29) is 35.9 Å². The van der Waals surface area contributed by atoms with E-state index in [1.165, 1.54) is 30.4 Å². The SMILES string of the molecule is CN=C(NCc1ccccc1C)NC1CCN(C(=O)C2CCCCC2)C1.I. The van der Waals surface area contributed by atoms with Gasteiger partial charge in [-0.2, -0.15) is 0 Å². The number of halogens is 1. The molecule has 2 aliphatic rings. The third kappa shape index (κ3) is 6.09. The molecule has 0 spiro atoms. The fraction of sp³-hybridized carbons (Fsp3) is 0.619. The predicted molar refractivity (Wildman–Crippen MR) is 121 cm³/mol. The van der Waals surface area contributed by atoms with Gasteiger partial charge in [-0.1, -0.05) is 43.5 Å². The van der Waals surface area contributed by atoms with Gasteiger partial charge in [-0.3, -0.25) is 9.79 Å². The Labute approximate surface area is 180 Å². The lowest BCUT2D eigenvalue weighted by molar-refractivity contribution is -0.135. The highest BCUT2D eigenvalue weighted by Gasteiger charge is 2.31. The van der Waals surface area contributed by atoms with Crippen LogP contribution in [-0.2, 0) is 11.3 Å². The molecule has 1 aliphatic carbocycles. The Bertz CT molecular complexity index is 643. The number of nitrogens with one attached hydrogen (secondary N) is 2. The number of hydrogen-bond donors (Lipinski definition) is 2. The summed E-state index contributed by atoms with van der Waals surface area (Å²) in [6.45, 7) is 4.53. The molecule has 5 nitrogen and oxygen atoms in total. The summed E-state index contributed by atoms with van der Waals surface area (Å²) in [6, 6.07) is 8.66. The van der Waals surface area contributed by atoms with Crippen molar-refractivity contribution < 1.29 is 4.79 Å². The molecule has 1 heterocycles. The number of hydrogen-bond acceptors (Lipinski definition) is 2. The first-order valence-corrected chi connectivity index (χ1v) is 9.98. The second-order valence-electron chi connectivity index (χ2n) is 7.60. The number of aliphatic imine (C=N–C) groups is 1. The molecule has 1 aromatic carbocycles. The lowest BCUT2D eigenvalue weighted by atomic mass is 9.88. The summed E-state index contributed by atoms with van der Waals surface area (Å²) in [5, 5.41) is 6.88. The van der Waals surface area contributed by atoms with Crippen molar-refractivity contribution in [2.75, 3.05) is 20.1 Å². The van der Waals surface area contributed by atoms with Crippen LogP contribution in [0.25, 0.3) is 0 Å². The molecule has 150 valence electrons. The fourth-order valence-electron chi connectivity index (χ4n) is 4.06. The topological polar surface area (TPSA) is 56.7 Å². The van der Waals surface area contributed by atoms with Crippen LogP contribution in [0.2, 0.25) is 0 Å². The Morgan fingerprint density at radius 1 is 1.19 bits per heavy atom. The van der Waals surface area contributed by atoms with Gasteiger partial charge in [0.25, 0.3) is 0 Å². The number of aryl methyl sites for hydroxylation is 1. The molecule has 3 rings (SSSR count). The normalized spacial score (nSPS) is 20.9. The first kappa shape index (κ1) is 22.0. The Kier molecular flexibility index (Phi) is 8.86. The number of rotatable bonds is 4. The first-order valence-electron chi connectivity index (χ1n) is 9.98. The standard InChI is InChI=1S/C21H32N4O.HI/c1-16-8-6-7-11-18(16)14-23-21(22-2)24-19-12-13-25(15-19)20(26)17-9-4-3-5-10-17;/h6-8,11,17,19H,3-5,9-10,12-15H2,1-2H3,(H2,22,23,24);1H. The van der Waals surface area contributed by atoms with Crippen molar-refractivity contribution in [2.45, 2.75) is 58.0 Å². The summed E-state index contributed by atoms with van der Waals surface area (Å²) in [7, 11) is 1.80. The lowest BCUT2D eigenvalue weighted by Crippen LogP contribution is -2.45. The van der Waals surface area contributed by atoms with Crippen LogP contribution in [0.3, 0.4) is 0 Å². The summed E-state index contributed by atoms with van der Waals surface area (Å²) < 4.78 is 0. The Morgan fingerprint density at radius 2 is 1.93 bits per heavy atom. The average Bonchev–Trinajstić information content (AvgIpc) is 3.15. The Morgan fingerprint density at radius 3 is 2.63 bits per heavy atom. The number of benzene rings is 1. The van der Waals surface area contributed by atoms with Gasteiger partial charge in [0.05, 0.1) is 0 Å². The third-order valence-corrected chi connectivity index (χ3v) is 5.73. The molecule has 1 saturated heterocycles. The largest absolute Gasteiger partial charge is 0.352 e. The smallest absolute Gasteiger partial charge is 0.225 e. The molecule has 1 aliphatic heterocycles. The number of carbonyl (C=O) groups excluding carboxylic acids is 1. The van der Waals surface area contributed by atoms with Gasteiger partial charge < -0.3 is 15.5 Å². The predicted octanol–water partition coefficient (Wildman–Crippen LogP) is 3.46. The molecular formula is C21H33IN4O. The second kappa shape index (κ2) is 10.9. The van der Waals surface area contributed by atoms with E-state index in [1.807, 2.05) is 0 Å². The zero-order valence-corrected chi connectivity index (χ0v) is 18.9. The maximum Gasteiger partial charge on any atom is 0.225 e. The minimum Gasteiger partial charge on any atom is -0.352 e. The number of amides is 1. The third-order valence-electron chi connectivity index (χ3n) is 5.73. The van der Waals surface area contributed by atoms with Crippen molar-refractivity contribution in [2.24, 2.45) is 10.9 Å². The van der Waals surface area contributed by atoms with Gasteiger partial charge >= 0.3 is 0 Å². The van der Waals surface area contributed by atoms with Crippen LogP contribution < -0.4 is 10.6 Å². The van der Waals surface area contributed by atoms with Gasteiger partial charge in [-0.15, -0.1) is 24.0 Å². The van der Waals surface area contributed by atoms with E-state index in [2.05, 4.69) is 51.7 Å². The molecule has 1 atom stereocenters. The highest BCUT2D eigenvalue weighted by atomic mass is 127. The fourth-order valence-corrected chi connectivity index (χ4v) is 4.06. The van der Waals surface area contributed by atoms with Gasteiger partial charge in [0, 0.05) is 38.6 Å². The van der Waals surface area contributed by atoms with E-state index >= 15 is 0 Å². The van der Waals surface area contributed by atoms with Crippen molar-refractivity contribution in [1.82, 2.24) is 15.5 Å². The molecule has 0 radical (unpaired) electrons. The van der Waals surface area contributed by atoms with E-state index in [0.717, 1.165) is 44.9 Å². The number of nitrogens with zero attached hydrogens (tertiary/aromatic N) is 2. The van der Waals surface area contributed by atoms with Crippen LogP contribution >= 0.6 is 24.0 Å². The maximum absolute atomic E-state index is 12.7. The minimum absolute atomic E-state index is 0. The van der Waals surface area contributed by atoms with Crippen LogP contribution in [0.15, 0.2) is 29.3 Å². The lowest BCUT2D eigenvalue weighted by Gasteiger charge is -2.26. The van der Waals surface area contributed by atoms with E-state index in [4.69, 9.17) is 0 Å². The van der Waals surface area contributed by atoms with Gasteiger partial charge in [0.2, 0.25) is 5.91 Å². The molecule has 1 saturated carbocycles. The molecule has 0 bridgehead atoms. The zero-order valence-electron chi connectivity index (χ0n) is 16.5. The summed E-state index contributed by atoms with van der Waals surface area (Å²) in [6.07, 6.45) is 6.85. The molecular weight excluding hydrogens is 451 g/mol. The van der Waals surface area contributed by atoms with Crippen molar-refractivity contribution >= 4 is 35.8 Å². The molecule has 27 heavy (non-hydrogen) atoms. The van der Waals surface area contributed by atoms with Gasteiger partial charge in [0.15, 0.2) is 5.96 Å². The van der Waals surface area contributed by atoms with E-state index in [1.54, 1.807) is 7.05 Å². The van der Waals surface area contributed by atoms with Crippen molar-refractivity contribution in [3.63, 3.8) is 0 Å². The summed E-state index contributed by atoms with van der Waals surface area (Å²) in [4.78, 5) is 19.1. The number of guanidine groups is 1. The van der Waals surface area contributed by atoms with Crippen LogP contribution in [0, 0.1) is 12.8 Å². The van der Waals surface area contributed by atoms with Gasteiger partial charge in [0.1, 0.15) is 0 Å². The van der Waals surface area contributed by atoms with Crippen LogP contribution in [0.4, 0.5) is 0 Å². The molecule has 2 N–H and O–H groups in total. The highest BCUT2D eigenvalue weighted by Crippen LogP contribution is 2.26. The molecule has 0 aromatic heterocycles. The zero-order chi connectivity index (χ0) is 18.4. The number of carbonyl (C=O) groups is 1. The van der Waals surface area contributed by atoms with Gasteiger partial charge in [-0.05, 0) is 37.3 Å². The molecule has 1 aromatic rings. The van der Waals surface area contributed by atoms with E-state index < -0.39 is 0 Å². The molecule has 6 heteroatoms. The molecule has 2 fully saturated rings. The Balaban J connectivity index is 0.00000261. The second-order valence-corrected chi connectivity index (χ2v) is 7.60. The first-order chi connectivity index (χ1) is 12.7. The minimum atomic E-state index is 0. The van der Waals surface area contributed by atoms with Crippen LogP contribution in [-0.4, -0.2) is 42.9 Å². The maximum atomic E-state index is 12.7. The molecule has 1 unspecified atom stereocenters. The summed E-state index contributed by atoms with van der Waals surface area (Å²) >= 11 is 0. The average molecular weight is 484 g/mol.